The van der Waals surface area contributed by atoms with Crippen LogP contribution in [-0.2, 0) is 4.74 Å². The Morgan fingerprint density at radius 3 is 2.77 bits per heavy atom. The average molecular weight is 369 g/mol. The quantitative estimate of drug-likeness (QED) is 0.754. The highest BCUT2D eigenvalue weighted by molar-refractivity contribution is 6.35. The number of pyridine rings is 1. The molecule has 1 fully saturated rings. The highest BCUT2D eigenvalue weighted by atomic mass is 35.5. The Labute approximate surface area is 155 Å². The summed E-state index contributed by atoms with van der Waals surface area (Å²) in [6, 6.07) is 14.8. The Bertz CT molecular complexity index is 1020. The average Bonchev–Trinajstić information content (AvgIpc) is 2.69. The van der Waals surface area contributed by atoms with E-state index in [9.17, 15) is 9.59 Å². The number of carbonyl (C=O) groups excluding carboxylic acids is 1. The molecule has 0 aliphatic carbocycles. The normalized spacial score (nSPS) is 17.4. The first-order valence-corrected chi connectivity index (χ1v) is 8.78. The molecular formula is C20H17ClN2O3. The van der Waals surface area contributed by atoms with Crippen molar-refractivity contribution < 1.29 is 9.53 Å². The molecule has 2 aromatic carbocycles. The van der Waals surface area contributed by atoms with Crippen molar-refractivity contribution in [3.05, 3.63) is 81.1 Å². The van der Waals surface area contributed by atoms with Crippen LogP contribution in [0.4, 0.5) is 0 Å². The molecule has 1 atom stereocenters. The van der Waals surface area contributed by atoms with Gasteiger partial charge in [-0.1, -0.05) is 48.0 Å². The Morgan fingerprint density at radius 1 is 1.15 bits per heavy atom. The first kappa shape index (κ1) is 16.8. The van der Waals surface area contributed by atoms with E-state index in [2.05, 4.69) is 4.98 Å². The first-order chi connectivity index (χ1) is 12.6. The van der Waals surface area contributed by atoms with E-state index in [0.717, 1.165) is 5.56 Å². The second-order valence-electron chi connectivity index (χ2n) is 6.22. The van der Waals surface area contributed by atoms with Crippen LogP contribution in [0.25, 0.3) is 10.9 Å². The van der Waals surface area contributed by atoms with Crippen LogP contribution in [0.3, 0.4) is 0 Å². The molecule has 0 unspecified atom stereocenters. The molecule has 6 heteroatoms. The van der Waals surface area contributed by atoms with Crippen molar-refractivity contribution in [2.45, 2.75) is 6.10 Å². The molecule has 0 spiro atoms. The van der Waals surface area contributed by atoms with Crippen molar-refractivity contribution in [2.24, 2.45) is 0 Å². The molecule has 1 amide bonds. The molecule has 1 N–H and O–H groups in total. The molecule has 2 heterocycles. The molecule has 0 saturated carbocycles. The Hall–Kier alpha value is -2.63. The summed E-state index contributed by atoms with van der Waals surface area (Å²) in [6.45, 7) is 1.30. The number of ether oxygens (including phenoxy) is 1. The summed E-state index contributed by atoms with van der Waals surface area (Å²) in [6.07, 6.45) is 1.26. The van der Waals surface area contributed by atoms with Gasteiger partial charge in [0.05, 0.1) is 23.7 Å². The number of carbonyl (C=O) groups is 1. The summed E-state index contributed by atoms with van der Waals surface area (Å²) >= 11 is 6.11. The molecule has 1 saturated heterocycles. The third-order valence-corrected chi connectivity index (χ3v) is 4.93. The molecule has 5 nitrogen and oxygen atoms in total. The largest absolute Gasteiger partial charge is 0.370 e. The maximum Gasteiger partial charge on any atom is 0.259 e. The summed E-state index contributed by atoms with van der Waals surface area (Å²) in [7, 11) is 0. The number of H-pyrrole nitrogens is 1. The van der Waals surface area contributed by atoms with E-state index in [1.165, 1.54) is 6.20 Å². The van der Waals surface area contributed by atoms with Crippen molar-refractivity contribution in [3.8, 4) is 0 Å². The number of aromatic amines is 1. The van der Waals surface area contributed by atoms with E-state index in [-0.39, 0.29) is 23.0 Å². The van der Waals surface area contributed by atoms with Gasteiger partial charge in [0.1, 0.15) is 11.7 Å². The smallest absolute Gasteiger partial charge is 0.259 e. The van der Waals surface area contributed by atoms with Crippen molar-refractivity contribution in [1.29, 1.82) is 0 Å². The van der Waals surface area contributed by atoms with Gasteiger partial charge in [0, 0.05) is 18.1 Å². The zero-order chi connectivity index (χ0) is 18.1. The van der Waals surface area contributed by atoms with Gasteiger partial charge < -0.3 is 14.6 Å². The second kappa shape index (κ2) is 6.94. The Kier molecular flexibility index (Phi) is 4.49. The third kappa shape index (κ3) is 3.00. The standard InChI is InChI=1S/C20H17ClN2O3/c21-16-8-4-7-14-18(16)22-11-15(19(14)24)20(25)23-9-10-26-17(12-23)13-5-2-1-3-6-13/h1-8,11,17H,9-10,12H2,(H,22,24)/t17-/m0/s1. The lowest BCUT2D eigenvalue weighted by Gasteiger charge is -2.33. The van der Waals surface area contributed by atoms with E-state index < -0.39 is 0 Å². The number of halogens is 1. The molecule has 3 aromatic rings. The topological polar surface area (TPSA) is 62.4 Å². The van der Waals surface area contributed by atoms with Gasteiger partial charge in [-0.05, 0) is 17.7 Å². The number of fused-ring (bicyclic) bond motifs is 1. The fourth-order valence-electron chi connectivity index (χ4n) is 3.25. The summed E-state index contributed by atoms with van der Waals surface area (Å²) < 4.78 is 5.80. The van der Waals surface area contributed by atoms with Crippen molar-refractivity contribution in [1.82, 2.24) is 9.88 Å². The zero-order valence-corrected chi connectivity index (χ0v) is 14.7. The maximum absolute atomic E-state index is 12.9. The number of para-hydroxylation sites is 1. The Balaban J connectivity index is 1.64. The lowest BCUT2D eigenvalue weighted by atomic mass is 10.1. The molecule has 26 heavy (non-hydrogen) atoms. The van der Waals surface area contributed by atoms with Gasteiger partial charge in [0.15, 0.2) is 0 Å². The van der Waals surface area contributed by atoms with Crippen LogP contribution in [0.15, 0.2) is 59.5 Å². The van der Waals surface area contributed by atoms with E-state index in [1.807, 2.05) is 30.3 Å². The van der Waals surface area contributed by atoms with Crippen LogP contribution < -0.4 is 5.43 Å². The molecular weight excluding hydrogens is 352 g/mol. The van der Waals surface area contributed by atoms with Gasteiger partial charge in [-0.3, -0.25) is 9.59 Å². The number of nitrogens with one attached hydrogen (secondary N) is 1. The van der Waals surface area contributed by atoms with Crippen LogP contribution in [0.2, 0.25) is 5.02 Å². The fourth-order valence-corrected chi connectivity index (χ4v) is 3.48. The van der Waals surface area contributed by atoms with Crippen molar-refractivity contribution >= 4 is 28.4 Å². The number of benzene rings is 2. The predicted molar refractivity (Wildman–Crippen MR) is 101 cm³/mol. The van der Waals surface area contributed by atoms with Gasteiger partial charge in [-0.2, -0.15) is 0 Å². The van der Waals surface area contributed by atoms with Gasteiger partial charge in [0.2, 0.25) is 5.43 Å². The van der Waals surface area contributed by atoms with Crippen LogP contribution in [0, 0.1) is 0 Å². The highest BCUT2D eigenvalue weighted by Gasteiger charge is 2.27. The number of morpholine rings is 1. The minimum absolute atomic E-state index is 0.119. The van der Waals surface area contributed by atoms with Gasteiger partial charge in [-0.15, -0.1) is 0 Å². The Morgan fingerprint density at radius 2 is 1.96 bits per heavy atom. The van der Waals surface area contributed by atoms with Gasteiger partial charge in [0.25, 0.3) is 5.91 Å². The van der Waals surface area contributed by atoms with E-state index in [0.29, 0.717) is 35.6 Å². The zero-order valence-electron chi connectivity index (χ0n) is 13.9. The third-order valence-electron chi connectivity index (χ3n) is 4.62. The highest BCUT2D eigenvalue weighted by Crippen LogP contribution is 2.23. The predicted octanol–water partition coefficient (Wildman–Crippen LogP) is 3.40. The summed E-state index contributed by atoms with van der Waals surface area (Å²) in [5.41, 5.74) is 1.37. The summed E-state index contributed by atoms with van der Waals surface area (Å²) in [4.78, 5) is 30.4. The first-order valence-electron chi connectivity index (χ1n) is 8.41. The lowest BCUT2D eigenvalue weighted by molar-refractivity contribution is -0.0228. The summed E-state index contributed by atoms with van der Waals surface area (Å²) in [5, 5.41) is 0.866. The number of amides is 1. The van der Waals surface area contributed by atoms with Gasteiger partial charge in [-0.25, -0.2) is 0 Å². The van der Waals surface area contributed by atoms with Crippen molar-refractivity contribution in [2.75, 3.05) is 19.7 Å². The maximum atomic E-state index is 12.9. The lowest BCUT2D eigenvalue weighted by Crippen LogP contribution is -2.43. The number of rotatable bonds is 2. The SMILES string of the molecule is O=C(c1c[nH]c2c(Cl)cccc2c1=O)N1CCO[C@H](c2ccccc2)C1. The second-order valence-corrected chi connectivity index (χ2v) is 6.62. The van der Waals surface area contributed by atoms with E-state index in [1.54, 1.807) is 23.1 Å². The number of hydrogen-bond acceptors (Lipinski definition) is 3. The number of aromatic nitrogens is 1. The molecule has 1 aliphatic rings. The van der Waals surface area contributed by atoms with E-state index >= 15 is 0 Å². The minimum Gasteiger partial charge on any atom is -0.370 e. The number of nitrogens with zero attached hydrogens (tertiary/aromatic N) is 1. The van der Waals surface area contributed by atoms with Gasteiger partial charge >= 0.3 is 0 Å². The summed E-state index contributed by atoms with van der Waals surface area (Å²) in [5.74, 6) is -0.294. The van der Waals surface area contributed by atoms with E-state index in [4.69, 9.17) is 16.3 Å². The molecule has 0 radical (unpaired) electrons. The van der Waals surface area contributed by atoms with Crippen LogP contribution in [0.5, 0.6) is 0 Å². The molecule has 1 aliphatic heterocycles. The molecule has 0 bridgehead atoms. The van der Waals surface area contributed by atoms with Crippen LogP contribution in [0.1, 0.15) is 22.0 Å². The number of hydrogen-bond donors (Lipinski definition) is 1. The fraction of sp³-hybridized carbons (Fsp3) is 0.200. The monoisotopic (exact) mass is 368 g/mol. The molecule has 4 rings (SSSR count). The van der Waals surface area contributed by atoms with Crippen LogP contribution in [-0.4, -0.2) is 35.5 Å². The van der Waals surface area contributed by atoms with Crippen LogP contribution >= 0.6 is 11.6 Å². The molecule has 1 aromatic heterocycles. The van der Waals surface area contributed by atoms with Crippen molar-refractivity contribution in [3.63, 3.8) is 0 Å². The minimum atomic E-state index is -0.311. The molecule has 132 valence electrons.